The van der Waals surface area contributed by atoms with Gasteiger partial charge in [0.05, 0.1) is 20.7 Å². The molecule has 0 atom stereocenters. The number of nitrogens with two attached hydrogens (primary N) is 1. The first-order valence-electron chi connectivity index (χ1n) is 9.75. The summed E-state index contributed by atoms with van der Waals surface area (Å²) in [7, 11) is 0. The van der Waals surface area contributed by atoms with Crippen molar-refractivity contribution >= 4 is 38.4 Å². The molecule has 1 aromatic carbocycles. The molecule has 0 bridgehead atoms. The molecule has 4 aromatic rings. The molecule has 0 spiro atoms. The summed E-state index contributed by atoms with van der Waals surface area (Å²) in [6.45, 7) is 2.31. The summed E-state index contributed by atoms with van der Waals surface area (Å²) in [5.41, 5.74) is 7.71. The van der Waals surface area contributed by atoms with Crippen LogP contribution in [0.15, 0.2) is 12.1 Å². The van der Waals surface area contributed by atoms with Gasteiger partial charge in [0.1, 0.15) is 22.8 Å². The van der Waals surface area contributed by atoms with Crippen molar-refractivity contribution in [2.75, 3.05) is 12.3 Å². The predicted molar refractivity (Wildman–Crippen MR) is 111 cm³/mol. The minimum Gasteiger partial charge on any atom is -0.383 e. The summed E-state index contributed by atoms with van der Waals surface area (Å²) in [4.78, 5) is 13.1. The van der Waals surface area contributed by atoms with Crippen LogP contribution in [0.4, 0.5) is 14.6 Å². The lowest BCUT2D eigenvalue weighted by molar-refractivity contribution is 0.524. The van der Waals surface area contributed by atoms with Crippen LogP contribution in [0.3, 0.4) is 0 Å². The van der Waals surface area contributed by atoms with E-state index in [1.54, 1.807) is 0 Å². The molecular weight excluding hydrogens is 406 g/mol. The molecule has 0 amide bonds. The average molecular weight is 422 g/mol. The van der Waals surface area contributed by atoms with Gasteiger partial charge in [-0.05, 0) is 30.9 Å². The number of hydrogen-bond donors (Lipinski definition) is 2. The number of rotatable bonds is 1. The number of nitrogens with zero attached hydrogens (tertiary/aromatic N) is 4. The van der Waals surface area contributed by atoms with Gasteiger partial charge in [0.25, 0.3) is 0 Å². The first kappa shape index (κ1) is 17.7. The number of aromatic nitrogens is 4. The molecule has 1 aliphatic carbocycles. The standard InChI is InChI=1S/C21H16F2N6S/c22-14-8-15-18(28-21(30-15)10-1-2-10)17(23)12(14)3-4-16-26-19(24)13-7-11-9-25-5-6-29(11)20(13)27-16/h7-8,10,25H,1-2,5-6,9H2,(H2,24,26,27). The highest BCUT2D eigenvalue weighted by atomic mass is 32.1. The number of benzene rings is 1. The Bertz CT molecular complexity index is 1410. The van der Waals surface area contributed by atoms with Crippen LogP contribution >= 0.6 is 11.3 Å². The van der Waals surface area contributed by atoms with Crippen LogP contribution in [0.5, 0.6) is 0 Å². The van der Waals surface area contributed by atoms with Gasteiger partial charge in [0.2, 0.25) is 5.82 Å². The van der Waals surface area contributed by atoms with Crippen molar-refractivity contribution in [3.05, 3.63) is 45.9 Å². The Morgan fingerprint density at radius 3 is 2.87 bits per heavy atom. The quantitative estimate of drug-likeness (QED) is 0.460. The smallest absolute Gasteiger partial charge is 0.209 e. The molecule has 150 valence electrons. The molecule has 0 saturated heterocycles. The van der Waals surface area contributed by atoms with E-state index in [1.165, 1.54) is 17.4 Å². The minimum absolute atomic E-state index is 0.135. The SMILES string of the molecule is Nc1nc(C#Cc2c(F)cc3sc(C4CC4)nc3c2F)nc2c1cc1n2CCNC1. The molecule has 2 aliphatic rings. The summed E-state index contributed by atoms with van der Waals surface area (Å²) in [5, 5.41) is 4.92. The first-order chi connectivity index (χ1) is 14.6. The number of fused-ring (bicyclic) bond motifs is 4. The highest BCUT2D eigenvalue weighted by Gasteiger charge is 2.28. The molecule has 30 heavy (non-hydrogen) atoms. The number of nitrogen functional groups attached to an aromatic ring is 1. The van der Waals surface area contributed by atoms with Crippen LogP contribution in [0.2, 0.25) is 0 Å². The molecule has 1 aliphatic heterocycles. The van der Waals surface area contributed by atoms with Gasteiger partial charge in [-0.15, -0.1) is 11.3 Å². The summed E-state index contributed by atoms with van der Waals surface area (Å²) >= 11 is 1.35. The Labute approximate surface area is 174 Å². The van der Waals surface area contributed by atoms with E-state index in [-0.39, 0.29) is 16.9 Å². The van der Waals surface area contributed by atoms with Gasteiger partial charge < -0.3 is 15.6 Å². The van der Waals surface area contributed by atoms with Crippen molar-refractivity contribution in [3.63, 3.8) is 0 Å². The molecular formula is C21H16F2N6S. The van der Waals surface area contributed by atoms with E-state index in [1.807, 2.05) is 6.07 Å². The Morgan fingerprint density at radius 1 is 1.17 bits per heavy atom. The van der Waals surface area contributed by atoms with E-state index in [0.29, 0.717) is 22.1 Å². The van der Waals surface area contributed by atoms with Crippen LogP contribution in [0.1, 0.15) is 40.8 Å². The molecule has 6 rings (SSSR count). The van der Waals surface area contributed by atoms with Crippen LogP contribution in [-0.2, 0) is 13.1 Å². The lowest BCUT2D eigenvalue weighted by Crippen LogP contribution is -2.27. The lowest BCUT2D eigenvalue weighted by Gasteiger charge is -2.16. The highest BCUT2D eigenvalue weighted by Crippen LogP contribution is 2.43. The maximum absolute atomic E-state index is 15.0. The molecule has 0 unspecified atom stereocenters. The second kappa shape index (κ2) is 6.45. The van der Waals surface area contributed by atoms with E-state index >= 15 is 0 Å². The van der Waals surface area contributed by atoms with Gasteiger partial charge in [0, 0.05) is 31.2 Å². The fraction of sp³-hybridized carbons (Fsp3) is 0.286. The maximum atomic E-state index is 15.0. The summed E-state index contributed by atoms with van der Waals surface area (Å²) in [6.07, 6.45) is 2.11. The molecule has 0 radical (unpaired) electrons. The zero-order chi connectivity index (χ0) is 20.4. The third-order valence-corrected chi connectivity index (χ3v) is 6.67. The monoisotopic (exact) mass is 422 g/mol. The van der Waals surface area contributed by atoms with Crippen molar-refractivity contribution in [1.82, 2.24) is 24.8 Å². The summed E-state index contributed by atoms with van der Waals surface area (Å²) < 4.78 is 32.1. The van der Waals surface area contributed by atoms with Gasteiger partial charge in [-0.25, -0.2) is 23.7 Å². The van der Waals surface area contributed by atoms with Crippen LogP contribution in [0, 0.1) is 23.5 Å². The van der Waals surface area contributed by atoms with E-state index in [2.05, 4.69) is 36.7 Å². The third kappa shape index (κ3) is 2.75. The lowest BCUT2D eigenvalue weighted by atomic mass is 10.2. The normalized spacial score (nSPS) is 15.9. The van der Waals surface area contributed by atoms with Crippen molar-refractivity contribution in [3.8, 4) is 11.8 Å². The van der Waals surface area contributed by atoms with Crippen molar-refractivity contribution in [2.24, 2.45) is 0 Å². The zero-order valence-corrected chi connectivity index (χ0v) is 16.6. The Hall–Kier alpha value is -3.09. The topological polar surface area (TPSA) is 81.7 Å². The molecule has 9 heteroatoms. The van der Waals surface area contributed by atoms with Gasteiger partial charge in [-0.2, -0.15) is 0 Å². The van der Waals surface area contributed by atoms with E-state index in [9.17, 15) is 8.78 Å². The van der Waals surface area contributed by atoms with Gasteiger partial charge in [-0.3, -0.25) is 0 Å². The van der Waals surface area contributed by atoms with E-state index in [0.717, 1.165) is 48.6 Å². The molecule has 4 heterocycles. The number of anilines is 1. The largest absolute Gasteiger partial charge is 0.383 e. The molecule has 6 nitrogen and oxygen atoms in total. The number of nitrogens with one attached hydrogen (secondary N) is 1. The zero-order valence-electron chi connectivity index (χ0n) is 15.8. The number of thiazole rings is 1. The maximum Gasteiger partial charge on any atom is 0.209 e. The fourth-order valence-corrected chi connectivity index (χ4v) is 4.97. The van der Waals surface area contributed by atoms with Crippen molar-refractivity contribution < 1.29 is 8.78 Å². The highest BCUT2D eigenvalue weighted by molar-refractivity contribution is 7.18. The molecule has 1 fully saturated rings. The van der Waals surface area contributed by atoms with Crippen molar-refractivity contribution in [2.45, 2.75) is 31.8 Å². The molecule has 3 aromatic heterocycles. The first-order valence-corrected chi connectivity index (χ1v) is 10.6. The van der Waals surface area contributed by atoms with Gasteiger partial charge in [0.15, 0.2) is 5.82 Å². The van der Waals surface area contributed by atoms with E-state index < -0.39 is 11.6 Å². The number of hydrogen-bond acceptors (Lipinski definition) is 6. The minimum atomic E-state index is -0.735. The second-order valence-electron chi connectivity index (χ2n) is 7.60. The van der Waals surface area contributed by atoms with Crippen LogP contribution in [0.25, 0.3) is 21.3 Å². The van der Waals surface area contributed by atoms with Gasteiger partial charge in [-0.1, -0.05) is 5.92 Å². The third-order valence-electron chi connectivity index (χ3n) is 5.51. The summed E-state index contributed by atoms with van der Waals surface area (Å²) in [5.74, 6) is 4.64. The van der Waals surface area contributed by atoms with Crippen LogP contribution in [-0.4, -0.2) is 26.1 Å². The predicted octanol–water partition coefficient (Wildman–Crippen LogP) is 3.28. The Balaban J connectivity index is 1.45. The second-order valence-corrected chi connectivity index (χ2v) is 8.67. The fourth-order valence-electron chi connectivity index (χ4n) is 3.81. The number of halogens is 2. The molecule has 1 saturated carbocycles. The van der Waals surface area contributed by atoms with Crippen LogP contribution < -0.4 is 11.1 Å². The summed E-state index contributed by atoms with van der Waals surface area (Å²) in [6, 6.07) is 3.27. The molecule has 3 N–H and O–H groups in total. The van der Waals surface area contributed by atoms with E-state index in [4.69, 9.17) is 5.73 Å². The van der Waals surface area contributed by atoms with Gasteiger partial charge >= 0.3 is 0 Å². The Kier molecular flexibility index (Phi) is 3.82. The average Bonchev–Trinajstić information content (AvgIpc) is 3.39. The van der Waals surface area contributed by atoms with Crippen molar-refractivity contribution in [1.29, 1.82) is 0 Å². The Morgan fingerprint density at radius 2 is 2.03 bits per heavy atom.